The van der Waals surface area contributed by atoms with Gasteiger partial charge in [0.15, 0.2) is 11.6 Å². The molecule has 2 N–H and O–H groups in total. The van der Waals surface area contributed by atoms with Crippen molar-refractivity contribution in [1.82, 2.24) is 0 Å². The lowest BCUT2D eigenvalue weighted by Gasteiger charge is -2.34. The van der Waals surface area contributed by atoms with Crippen molar-refractivity contribution in [2.45, 2.75) is 100 Å². The standard InChI is InChI=1S/C18H30O6/c19-15(13-11-21-17(23-13)7-3-1-4-8-17)16(20)14-12-22-18(24-14)9-5-2-6-10-18/h13-16,19-20H,1-12H2/t13-,14+,15-,16-/m1/s1. The molecule has 2 aliphatic carbocycles. The summed E-state index contributed by atoms with van der Waals surface area (Å²) in [5.74, 6) is -1.08. The zero-order chi connectivity index (χ0) is 16.6. The van der Waals surface area contributed by atoms with Crippen molar-refractivity contribution in [3.05, 3.63) is 0 Å². The molecule has 6 nitrogen and oxygen atoms in total. The average Bonchev–Trinajstić information content (AvgIpc) is 3.20. The van der Waals surface area contributed by atoms with Gasteiger partial charge in [-0.25, -0.2) is 0 Å². The molecule has 2 aliphatic heterocycles. The third-order valence-electron chi connectivity index (χ3n) is 6.10. The Hall–Kier alpha value is -0.240. The molecule has 2 saturated carbocycles. The van der Waals surface area contributed by atoms with Gasteiger partial charge in [0, 0.05) is 25.7 Å². The molecule has 0 aromatic rings. The highest BCUT2D eigenvalue weighted by atomic mass is 16.8. The zero-order valence-electron chi connectivity index (χ0n) is 14.3. The second-order valence-electron chi connectivity index (χ2n) is 7.86. The monoisotopic (exact) mass is 342 g/mol. The molecule has 0 radical (unpaired) electrons. The molecule has 0 aromatic carbocycles. The Morgan fingerprint density at radius 3 is 1.38 bits per heavy atom. The van der Waals surface area contributed by atoms with E-state index in [0.29, 0.717) is 13.2 Å². The van der Waals surface area contributed by atoms with Gasteiger partial charge in [-0.15, -0.1) is 0 Å². The van der Waals surface area contributed by atoms with Crippen LogP contribution in [0, 0.1) is 0 Å². The Morgan fingerprint density at radius 2 is 1.00 bits per heavy atom. The van der Waals surface area contributed by atoms with E-state index in [1.54, 1.807) is 0 Å². The van der Waals surface area contributed by atoms with Crippen molar-refractivity contribution < 1.29 is 29.2 Å². The Morgan fingerprint density at radius 1 is 0.625 bits per heavy atom. The second-order valence-corrected chi connectivity index (χ2v) is 7.86. The average molecular weight is 342 g/mol. The van der Waals surface area contributed by atoms with Crippen molar-refractivity contribution in [1.29, 1.82) is 0 Å². The summed E-state index contributed by atoms with van der Waals surface area (Å²) >= 11 is 0. The van der Waals surface area contributed by atoms with Gasteiger partial charge in [0.1, 0.15) is 24.4 Å². The van der Waals surface area contributed by atoms with Crippen LogP contribution in [0.5, 0.6) is 0 Å². The summed E-state index contributed by atoms with van der Waals surface area (Å²) in [6.45, 7) is 0.661. The third-order valence-corrected chi connectivity index (χ3v) is 6.10. The predicted octanol–water partition coefficient (Wildman–Crippen LogP) is 1.86. The van der Waals surface area contributed by atoms with E-state index in [1.807, 2.05) is 0 Å². The molecule has 4 atom stereocenters. The van der Waals surface area contributed by atoms with E-state index >= 15 is 0 Å². The number of aliphatic hydroxyl groups is 2. The number of aliphatic hydroxyl groups excluding tert-OH is 2. The fraction of sp³-hybridized carbons (Fsp3) is 1.00. The van der Waals surface area contributed by atoms with E-state index in [0.717, 1.165) is 51.4 Å². The molecule has 2 saturated heterocycles. The van der Waals surface area contributed by atoms with Crippen LogP contribution >= 0.6 is 0 Å². The minimum Gasteiger partial charge on any atom is -0.387 e. The predicted molar refractivity (Wildman–Crippen MR) is 85.3 cm³/mol. The molecular formula is C18H30O6. The first-order chi connectivity index (χ1) is 11.6. The normalized spacial score (nSPS) is 37.8. The van der Waals surface area contributed by atoms with Crippen LogP contribution < -0.4 is 0 Å². The summed E-state index contributed by atoms with van der Waals surface area (Å²) in [4.78, 5) is 0. The van der Waals surface area contributed by atoms with Gasteiger partial charge in [0.2, 0.25) is 0 Å². The highest BCUT2D eigenvalue weighted by Crippen LogP contribution is 2.41. The molecular weight excluding hydrogens is 312 g/mol. The van der Waals surface area contributed by atoms with Crippen LogP contribution in [0.4, 0.5) is 0 Å². The molecule has 138 valence electrons. The van der Waals surface area contributed by atoms with Crippen LogP contribution in [0.25, 0.3) is 0 Å². The molecule has 0 bridgehead atoms. The largest absolute Gasteiger partial charge is 0.387 e. The fourth-order valence-corrected chi connectivity index (χ4v) is 4.64. The first-order valence-corrected chi connectivity index (χ1v) is 9.61. The number of rotatable bonds is 3. The van der Waals surface area contributed by atoms with Crippen molar-refractivity contribution in [3.8, 4) is 0 Å². The van der Waals surface area contributed by atoms with E-state index in [1.165, 1.54) is 12.8 Å². The maximum atomic E-state index is 10.6. The SMILES string of the molecule is O[C@@H]([C@H](O)[C@H]1COC2(CCCCC2)O1)[C@@H]1COC2(CCCCC2)O1. The lowest BCUT2D eigenvalue weighted by molar-refractivity contribution is -0.217. The first-order valence-electron chi connectivity index (χ1n) is 9.61. The molecule has 24 heavy (non-hydrogen) atoms. The van der Waals surface area contributed by atoms with Crippen LogP contribution in [0.3, 0.4) is 0 Å². The zero-order valence-corrected chi connectivity index (χ0v) is 14.3. The number of ether oxygens (including phenoxy) is 4. The van der Waals surface area contributed by atoms with Gasteiger partial charge >= 0.3 is 0 Å². The quantitative estimate of drug-likeness (QED) is 0.815. The fourth-order valence-electron chi connectivity index (χ4n) is 4.64. The highest BCUT2D eigenvalue weighted by Gasteiger charge is 2.50. The van der Waals surface area contributed by atoms with E-state index in [-0.39, 0.29) is 0 Å². The Balaban J connectivity index is 1.34. The molecule has 6 heteroatoms. The number of hydrogen-bond donors (Lipinski definition) is 2. The molecule has 4 rings (SSSR count). The Bertz CT molecular complexity index is 389. The lowest BCUT2D eigenvalue weighted by atomic mass is 9.94. The Labute approximate surface area is 143 Å². The summed E-state index contributed by atoms with van der Waals surface area (Å²) in [7, 11) is 0. The second kappa shape index (κ2) is 6.82. The molecule has 4 fully saturated rings. The van der Waals surface area contributed by atoms with Crippen molar-refractivity contribution in [2.75, 3.05) is 13.2 Å². The summed E-state index contributed by atoms with van der Waals surface area (Å²) in [5.41, 5.74) is 0. The van der Waals surface area contributed by atoms with E-state index in [9.17, 15) is 10.2 Å². The minimum absolute atomic E-state index is 0.330. The van der Waals surface area contributed by atoms with Crippen molar-refractivity contribution in [2.24, 2.45) is 0 Å². The molecule has 0 aromatic heterocycles. The first kappa shape index (κ1) is 17.2. The molecule has 0 amide bonds. The minimum atomic E-state index is -1.02. The van der Waals surface area contributed by atoms with Crippen LogP contribution in [0.1, 0.15) is 64.2 Å². The summed E-state index contributed by atoms with van der Waals surface area (Å²) in [6, 6.07) is 0. The summed E-state index contributed by atoms with van der Waals surface area (Å²) < 4.78 is 23.8. The highest BCUT2D eigenvalue weighted by molar-refractivity contribution is 4.93. The third kappa shape index (κ3) is 3.24. The maximum absolute atomic E-state index is 10.6. The maximum Gasteiger partial charge on any atom is 0.169 e. The van der Waals surface area contributed by atoms with Gasteiger partial charge in [-0.3, -0.25) is 0 Å². The topological polar surface area (TPSA) is 77.4 Å². The summed E-state index contributed by atoms with van der Waals surface area (Å²) in [5, 5.41) is 21.2. The van der Waals surface area contributed by atoms with Gasteiger partial charge in [0.05, 0.1) is 13.2 Å². The van der Waals surface area contributed by atoms with Crippen LogP contribution in [-0.4, -0.2) is 59.4 Å². The molecule has 2 spiro atoms. The van der Waals surface area contributed by atoms with Gasteiger partial charge in [-0.1, -0.05) is 12.8 Å². The van der Waals surface area contributed by atoms with Gasteiger partial charge in [-0.05, 0) is 25.7 Å². The van der Waals surface area contributed by atoms with E-state index < -0.39 is 36.0 Å². The van der Waals surface area contributed by atoms with Gasteiger partial charge in [0.25, 0.3) is 0 Å². The van der Waals surface area contributed by atoms with Crippen LogP contribution in [0.2, 0.25) is 0 Å². The van der Waals surface area contributed by atoms with E-state index in [2.05, 4.69) is 0 Å². The van der Waals surface area contributed by atoms with Gasteiger partial charge < -0.3 is 29.2 Å². The summed E-state index contributed by atoms with van der Waals surface area (Å²) in [6.07, 6.45) is 7.25. The van der Waals surface area contributed by atoms with Gasteiger partial charge in [-0.2, -0.15) is 0 Å². The smallest absolute Gasteiger partial charge is 0.169 e. The van der Waals surface area contributed by atoms with Crippen molar-refractivity contribution >= 4 is 0 Å². The Kier molecular flexibility index (Phi) is 4.88. The lowest BCUT2D eigenvalue weighted by Crippen LogP contribution is -2.48. The molecule has 2 heterocycles. The van der Waals surface area contributed by atoms with E-state index in [4.69, 9.17) is 18.9 Å². The number of hydrogen-bond acceptors (Lipinski definition) is 6. The molecule has 4 aliphatic rings. The molecule has 0 unspecified atom stereocenters. The van der Waals surface area contributed by atoms with Crippen LogP contribution in [-0.2, 0) is 18.9 Å². The van der Waals surface area contributed by atoms with Crippen LogP contribution in [0.15, 0.2) is 0 Å². The van der Waals surface area contributed by atoms with Crippen molar-refractivity contribution in [3.63, 3.8) is 0 Å².